The van der Waals surface area contributed by atoms with Gasteiger partial charge in [0.25, 0.3) is 5.91 Å². The number of carbonyl (C=O) groups is 4. The van der Waals surface area contributed by atoms with Crippen LogP contribution in [0.25, 0.3) is 0 Å². The first-order valence-electron chi connectivity index (χ1n) is 10.2. The molecule has 4 fully saturated rings. The molecule has 29 heavy (non-hydrogen) atoms. The summed E-state index contributed by atoms with van der Waals surface area (Å²) in [5, 5.41) is 6.67. The molecule has 1 aromatic heterocycles. The largest absolute Gasteiger partial charge is 0.456 e. The predicted molar refractivity (Wildman–Crippen MR) is 106 cm³/mol. The molecule has 4 aliphatic carbocycles. The summed E-state index contributed by atoms with van der Waals surface area (Å²) in [7, 11) is 0. The van der Waals surface area contributed by atoms with Gasteiger partial charge in [0.2, 0.25) is 5.91 Å². The van der Waals surface area contributed by atoms with Crippen LogP contribution in [-0.4, -0.2) is 43.3 Å². The van der Waals surface area contributed by atoms with Gasteiger partial charge in [-0.25, -0.2) is 0 Å². The zero-order chi connectivity index (χ0) is 20.4. The average Bonchev–Trinajstić information content (AvgIpc) is 3.22. The highest BCUT2D eigenvalue weighted by molar-refractivity contribution is 7.12. The molecule has 5 rings (SSSR count). The van der Waals surface area contributed by atoms with Gasteiger partial charge in [-0.1, -0.05) is 6.07 Å². The van der Waals surface area contributed by atoms with Crippen LogP contribution in [0, 0.1) is 23.2 Å². The Labute approximate surface area is 173 Å². The van der Waals surface area contributed by atoms with Crippen LogP contribution in [-0.2, 0) is 19.1 Å². The van der Waals surface area contributed by atoms with Gasteiger partial charge in [-0.2, -0.15) is 0 Å². The van der Waals surface area contributed by atoms with Crippen molar-refractivity contribution < 1.29 is 23.9 Å². The van der Waals surface area contributed by atoms with Crippen LogP contribution in [0.4, 0.5) is 0 Å². The highest BCUT2D eigenvalue weighted by Crippen LogP contribution is 2.60. The Morgan fingerprint density at radius 1 is 1.00 bits per heavy atom. The normalized spacial score (nSPS) is 29.3. The second-order valence-corrected chi connectivity index (χ2v) is 9.67. The predicted octanol–water partition coefficient (Wildman–Crippen LogP) is 1.92. The monoisotopic (exact) mass is 418 g/mol. The van der Waals surface area contributed by atoms with Gasteiger partial charge in [-0.3, -0.25) is 19.2 Å². The molecule has 0 aromatic carbocycles. The topological polar surface area (TPSA) is 102 Å². The molecule has 4 saturated carbocycles. The smallest absolute Gasteiger partial charge is 0.325 e. The Morgan fingerprint density at radius 3 is 2.24 bits per heavy atom. The van der Waals surface area contributed by atoms with E-state index < -0.39 is 11.9 Å². The molecular formula is C21H26N2O5S. The third kappa shape index (κ3) is 4.52. The Hall–Kier alpha value is -2.22. The molecule has 0 saturated heterocycles. The molecule has 1 aromatic rings. The van der Waals surface area contributed by atoms with Crippen molar-refractivity contribution in [1.82, 2.24) is 10.6 Å². The highest BCUT2D eigenvalue weighted by Gasteiger charge is 2.54. The van der Waals surface area contributed by atoms with E-state index in [0.29, 0.717) is 22.6 Å². The number of thiophene rings is 1. The van der Waals surface area contributed by atoms with Gasteiger partial charge < -0.3 is 15.4 Å². The van der Waals surface area contributed by atoms with E-state index in [1.165, 1.54) is 30.6 Å². The van der Waals surface area contributed by atoms with Gasteiger partial charge in [0, 0.05) is 5.41 Å². The third-order valence-corrected chi connectivity index (χ3v) is 7.45. The second-order valence-electron chi connectivity index (χ2n) is 8.72. The molecule has 0 aliphatic heterocycles. The first-order valence-corrected chi connectivity index (χ1v) is 11.1. The van der Waals surface area contributed by atoms with Crippen molar-refractivity contribution in [3.63, 3.8) is 0 Å². The number of esters is 1. The number of rotatable bonds is 8. The Bertz CT molecular complexity index is 769. The molecule has 156 valence electrons. The lowest BCUT2D eigenvalue weighted by Crippen LogP contribution is -2.51. The summed E-state index contributed by atoms with van der Waals surface area (Å²) < 4.78 is 5.14. The summed E-state index contributed by atoms with van der Waals surface area (Å²) in [5.74, 6) is 0.553. The summed E-state index contributed by atoms with van der Waals surface area (Å²) in [6, 6.07) is 3.41. The number of nitrogens with one attached hydrogen (secondary N) is 2. The molecule has 0 unspecified atom stereocenters. The Balaban J connectivity index is 1.16. The van der Waals surface area contributed by atoms with Crippen molar-refractivity contribution >= 4 is 34.9 Å². The number of amides is 2. The molecule has 2 N–H and O–H groups in total. The van der Waals surface area contributed by atoms with Crippen molar-refractivity contribution in [2.24, 2.45) is 23.2 Å². The number of hydrogen-bond acceptors (Lipinski definition) is 6. The Kier molecular flexibility index (Phi) is 5.72. The molecule has 0 spiro atoms. The van der Waals surface area contributed by atoms with Crippen molar-refractivity contribution in [3.8, 4) is 0 Å². The van der Waals surface area contributed by atoms with Crippen molar-refractivity contribution in [1.29, 1.82) is 0 Å². The number of Topliss-reactive ketones (excluding diaryl/α,β-unsaturated/α-hetero) is 1. The lowest BCUT2D eigenvalue weighted by atomic mass is 9.48. The van der Waals surface area contributed by atoms with Crippen molar-refractivity contribution in [3.05, 3.63) is 22.4 Å². The van der Waals surface area contributed by atoms with Crippen LogP contribution >= 0.6 is 11.3 Å². The maximum absolute atomic E-state index is 12.8. The van der Waals surface area contributed by atoms with Gasteiger partial charge in [-0.05, 0) is 67.7 Å². The second kappa shape index (κ2) is 8.26. The first kappa shape index (κ1) is 20.1. The molecule has 8 heteroatoms. The number of carbonyl (C=O) groups excluding carboxylic acids is 4. The minimum Gasteiger partial charge on any atom is -0.456 e. The summed E-state index contributed by atoms with van der Waals surface area (Å²) in [5.41, 5.74) is -0.287. The van der Waals surface area contributed by atoms with E-state index in [0.717, 1.165) is 19.3 Å². The minimum atomic E-state index is -0.638. The first-order chi connectivity index (χ1) is 13.9. The number of ketones is 1. The van der Waals surface area contributed by atoms with E-state index in [2.05, 4.69) is 10.6 Å². The molecule has 2 amide bonds. The molecule has 4 aliphatic rings. The maximum Gasteiger partial charge on any atom is 0.325 e. The van der Waals surface area contributed by atoms with Crippen molar-refractivity contribution in [2.45, 2.75) is 38.5 Å². The number of ether oxygens (including phenoxy) is 1. The third-order valence-electron chi connectivity index (χ3n) is 6.58. The quantitative estimate of drug-likeness (QED) is 0.628. The molecule has 0 radical (unpaired) electrons. The van der Waals surface area contributed by atoms with Crippen LogP contribution < -0.4 is 10.6 Å². The summed E-state index contributed by atoms with van der Waals surface area (Å²) in [4.78, 5) is 48.8. The molecule has 4 bridgehead atoms. The van der Waals surface area contributed by atoms with Crippen LogP contribution in [0.1, 0.15) is 48.2 Å². The zero-order valence-corrected chi connectivity index (χ0v) is 17.1. The Morgan fingerprint density at radius 2 is 1.66 bits per heavy atom. The molecule has 0 atom stereocenters. The fraction of sp³-hybridized carbons (Fsp3) is 0.619. The molecular weight excluding hydrogens is 392 g/mol. The van der Waals surface area contributed by atoms with E-state index in [4.69, 9.17) is 4.74 Å². The van der Waals surface area contributed by atoms with Gasteiger partial charge in [0.15, 0.2) is 12.4 Å². The van der Waals surface area contributed by atoms with Gasteiger partial charge in [0.1, 0.15) is 6.54 Å². The van der Waals surface area contributed by atoms with E-state index in [1.54, 1.807) is 17.5 Å². The van der Waals surface area contributed by atoms with Crippen LogP contribution in [0.3, 0.4) is 0 Å². The van der Waals surface area contributed by atoms with E-state index >= 15 is 0 Å². The fourth-order valence-electron chi connectivity index (χ4n) is 5.69. The maximum atomic E-state index is 12.8. The lowest BCUT2D eigenvalue weighted by molar-refractivity contribution is -0.157. The fourth-order valence-corrected chi connectivity index (χ4v) is 6.33. The van der Waals surface area contributed by atoms with Crippen LogP contribution in [0.2, 0.25) is 0 Å². The zero-order valence-electron chi connectivity index (χ0n) is 16.3. The van der Waals surface area contributed by atoms with Gasteiger partial charge >= 0.3 is 5.97 Å². The van der Waals surface area contributed by atoms with Crippen LogP contribution in [0.15, 0.2) is 17.5 Å². The summed E-state index contributed by atoms with van der Waals surface area (Å²) >= 11 is 1.28. The average molecular weight is 419 g/mol. The SMILES string of the molecule is O=C(CNC(=O)c1cccs1)NCC(=O)OCC(=O)C12CC3CC(CC(C3)C1)C2. The van der Waals surface area contributed by atoms with Crippen LogP contribution in [0.5, 0.6) is 0 Å². The van der Waals surface area contributed by atoms with Gasteiger partial charge in [-0.15, -0.1) is 11.3 Å². The highest BCUT2D eigenvalue weighted by atomic mass is 32.1. The van der Waals surface area contributed by atoms with E-state index in [-0.39, 0.29) is 36.8 Å². The summed E-state index contributed by atoms with van der Waals surface area (Å²) in [6.07, 6.45) is 6.58. The van der Waals surface area contributed by atoms with Crippen molar-refractivity contribution in [2.75, 3.05) is 19.7 Å². The van der Waals surface area contributed by atoms with E-state index in [1.807, 2.05) is 0 Å². The molecule has 7 nitrogen and oxygen atoms in total. The lowest BCUT2D eigenvalue weighted by Gasteiger charge is -2.55. The van der Waals surface area contributed by atoms with Gasteiger partial charge in [0.05, 0.1) is 11.4 Å². The molecule has 1 heterocycles. The standard InChI is InChI=1S/C21H26N2O5S/c24-17(21-7-13-4-14(8-21)6-15(5-13)9-21)12-28-19(26)11-22-18(25)10-23-20(27)16-2-1-3-29-16/h1-3,13-15H,4-12H2,(H,22,25)(H,23,27). The number of hydrogen-bond donors (Lipinski definition) is 2. The van der Waals surface area contributed by atoms with E-state index in [9.17, 15) is 19.2 Å². The summed E-state index contributed by atoms with van der Waals surface area (Å²) in [6.45, 7) is -0.756. The minimum absolute atomic E-state index is 0.0412.